The van der Waals surface area contributed by atoms with E-state index in [0.29, 0.717) is 6.04 Å². The highest BCUT2D eigenvalue weighted by atomic mass is 32.1. The molecule has 1 rings (SSSR count). The predicted molar refractivity (Wildman–Crippen MR) is 66.6 cm³/mol. The molecule has 0 radical (unpaired) electrons. The van der Waals surface area contributed by atoms with Gasteiger partial charge in [0.2, 0.25) is 0 Å². The fourth-order valence-electron chi connectivity index (χ4n) is 1.66. The van der Waals surface area contributed by atoms with Crippen molar-refractivity contribution >= 4 is 11.3 Å². The predicted octanol–water partition coefficient (Wildman–Crippen LogP) is 3.13. The first-order chi connectivity index (χ1) is 7.27. The highest BCUT2D eigenvalue weighted by Crippen LogP contribution is 2.23. The number of ether oxygens (including phenoxy) is 1. The Bertz CT molecular complexity index is 272. The summed E-state index contributed by atoms with van der Waals surface area (Å²) in [4.78, 5) is 1.38. The van der Waals surface area contributed by atoms with Crippen molar-refractivity contribution in [3.8, 4) is 0 Å². The normalized spacial score (nSPS) is 13.0. The van der Waals surface area contributed by atoms with E-state index >= 15 is 0 Å². The van der Waals surface area contributed by atoms with Crippen molar-refractivity contribution in [3.63, 3.8) is 0 Å². The van der Waals surface area contributed by atoms with Gasteiger partial charge >= 0.3 is 0 Å². The first-order valence-electron chi connectivity index (χ1n) is 5.58. The molecule has 1 aromatic rings. The fourth-order valence-corrected chi connectivity index (χ4v) is 2.42. The van der Waals surface area contributed by atoms with Gasteiger partial charge in [-0.1, -0.05) is 0 Å². The van der Waals surface area contributed by atoms with Crippen LogP contribution in [0.25, 0.3) is 0 Å². The summed E-state index contributed by atoms with van der Waals surface area (Å²) in [6, 6.07) is 2.75. The molecule has 15 heavy (non-hydrogen) atoms. The molecule has 0 aromatic carbocycles. The lowest BCUT2D eigenvalue weighted by Gasteiger charge is -2.14. The van der Waals surface area contributed by atoms with Crippen LogP contribution >= 0.6 is 11.3 Å². The molecule has 1 unspecified atom stereocenters. The summed E-state index contributed by atoms with van der Waals surface area (Å²) < 4.78 is 5.34. The van der Waals surface area contributed by atoms with Gasteiger partial charge in [0, 0.05) is 24.1 Å². The van der Waals surface area contributed by atoms with Crippen molar-refractivity contribution in [1.82, 2.24) is 5.32 Å². The van der Waals surface area contributed by atoms with Crippen LogP contribution in [0.3, 0.4) is 0 Å². The Balaban J connectivity index is 2.35. The SMILES string of the molecule is CCOCCCC(NC)c1csc(C)c1. The van der Waals surface area contributed by atoms with Gasteiger partial charge in [0.1, 0.15) is 0 Å². The van der Waals surface area contributed by atoms with Gasteiger partial charge in [-0.2, -0.15) is 0 Å². The first kappa shape index (κ1) is 12.7. The van der Waals surface area contributed by atoms with E-state index in [1.165, 1.54) is 10.4 Å². The van der Waals surface area contributed by atoms with Crippen LogP contribution in [0.2, 0.25) is 0 Å². The number of hydrogen-bond acceptors (Lipinski definition) is 3. The average molecular weight is 227 g/mol. The van der Waals surface area contributed by atoms with Crippen LogP contribution in [0.4, 0.5) is 0 Å². The third-order valence-electron chi connectivity index (χ3n) is 2.49. The summed E-state index contributed by atoms with van der Waals surface area (Å²) in [5.41, 5.74) is 1.41. The Morgan fingerprint density at radius 2 is 2.33 bits per heavy atom. The van der Waals surface area contributed by atoms with Gasteiger partial charge in [0.05, 0.1) is 0 Å². The van der Waals surface area contributed by atoms with E-state index in [9.17, 15) is 0 Å². The van der Waals surface area contributed by atoms with E-state index in [1.54, 1.807) is 0 Å². The van der Waals surface area contributed by atoms with Crippen molar-refractivity contribution in [1.29, 1.82) is 0 Å². The standard InChI is InChI=1S/C12H21NOS/c1-4-14-7-5-6-12(13-3)11-8-10(2)15-9-11/h8-9,12-13H,4-7H2,1-3H3. The molecular formula is C12H21NOS. The Morgan fingerprint density at radius 1 is 1.53 bits per heavy atom. The maximum Gasteiger partial charge on any atom is 0.0466 e. The molecule has 0 saturated heterocycles. The highest BCUT2D eigenvalue weighted by molar-refractivity contribution is 7.10. The topological polar surface area (TPSA) is 21.3 Å². The van der Waals surface area contributed by atoms with Crippen LogP contribution in [0.5, 0.6) is 0 Å². The third-order valence-corrected chi connectivity index (χ3v) is 3.37. The minimum absolute atomic E-state index is 0.482. The van der Waals surface area contributed by atoms with Crippen LogP contribution in [0.15, 0.2) is 11.4 Å². The van der Waals surface area contributed by atoms with Crippen LogP contribution < -0.4 is 5.32 Å². The minimum atomic E-state index is 0.482. The first-order valence-corrected chi connectivity index (χ1v) is 6.46. The van der Waals surface area contributed by atoms with Crippen molar-refractivity contribution in [3.05, 3.63) is 21.9 Å². The second-order valence-electron chi connectivity index (χ2n) is 3.67. The van der Waals surface area contributed by atoms with Gasteiger partial charge < -0.3 is 10.1 Å². The van der Waals surface area contributed by atoms with Crippen LogP contribution in [-0.2, 0) is 4.74 Å². The van der Waals surface area contributed by atoms with E-state index < -0.39 is 0 Å². The second-order valence-corrected chi connectivity index (χ2v) is 4.79. The second kappa shape index (κ2) is 6.99. The maximum absolute atomic E-state index is 5.34. The minimum Gasteiger partial charge on any atom is -0.382 e. The third kappa shape index (κ3) is 4.33. The number of nitrogens with one attached hydrogen (secondary N) is 1. The molecule has 0 aliphatic rings. The molecule has 0 amide bonds. The van der Waals surface area contributed by atoms with Crippen molar-refractivity contribution in [2.45, 2.75) is 32.7 Å². The van der Waals surface area contributed by atoms with Crippen LogP contribution in [0.1, 0.15) is 36.2 Å². The summed E-state index contributed by atoms with van der Waals surface area (Å²) in [5, 5.41) is 5.61. The lowest BCUT2D eigenvalue weighted by Crippen LogP contribution is -2.16. The molecule has 0 fully saturated rings. The largest absolute Gasteiger partial charge is 0.382 e. The van der Waals surface area contributed by atoms with Crippen molar-refractivity contribution in [2.24, 2.45) is 0 Å². The molecule has 0 saturated carbocycles. The molecule has 1 atom stereocenters. The van der Waals surface area contributed by atoms with E-state index in [1.807, 2.05) is 25.3 Å². The van der Waals surface area contributed by atoms with Crippen LogP contribution in [-0.4, -0.2) is 20.3 Å². The lowest BCUT2D eigenvalue weighted by atomic mass is 10.1. The van der Waals surface area contributed by atoms with E-state index in [2.05, 4.69) is 23.7 Å². The molecule has 2 nitrogen and oxygen atoms in total. The highest BCUT2D eigenvalue weighted by Gasteiger charge is 2.09. The monoisotopic (exact) mass is 227 g/mol. The van der Waals surface area contributed by atoms with Gasteiger partial charge in [-0.15, -0.1) is 11.3 Å². The van der Waals surface area contributed by atoms with Gasteiger partial charge in [-0.3, -0.25) is 0 Å². The molecule has 1 N–H and O–H groups in total. The van der Waals surface area contributed by atoms with Gasteiger partial charge in [0.15, 0.2) is 0 Å². The van der Waals surface area contributed by atoms with Gasteiger partial charge in [-0.05, 0) is 50.7 Å². The van der Waals surface area contributed by atoms with Gasteiger partial charge in [0.25, 0.3) is 0 Å². The number of hydrogen-bond donors (Lipinski definition) is 1. The molecule has 3 heteroatoms. The molecule has 0 aliphatic carbocycles. The summed E-state index contributed by atoms with van der Waals surface area (Å²) in [6.45, 7) is 5.89. The Kier molecular flexibility index (Phi) is 5.91. The smallest absolute Gasteiger partial charge is 0.0466 e. The number of rotatable bonds is 7. The van der Waals surface area contributed by atoms with Crippen LogP contribution in [0, 0.1) is 6.92 Å². The van der Waals surface area contributed by atoms with E-state index in [-0.39, 0.29) is 0 Å². The fraction of sp³-hybridized carbons (Fsp3) is 0.667. The summed E-state index contributed by atoms with van der Waals surface area (Å²) >= 11 is 1.82. The average Bonchev–Trinajstić information content (AvgIpc) is 2.65. The molecule has 1 aromatic heterocycles. The number of aryl methyl sites for hydroxylation is 1. The van der Waals surface area contributed by atoms with Crippen molar-refractivity contribution in [2.75, 3.05) is 20.3 Å². The summed E-state index contributed by atoms with van der Waals surface area (Å²) in [7, 11) is 2.03. The molecule has 1 heterocycles. The van der Waals surface area contributed by atoms with Crippen molar-refractivity contribution < 1.29 is 4.74 Å². The summed E-state index contributed by atoms with van der Waals surface area (Å²) in [6.07, 6.45) is 2.26. The Hall–Kier alpha value is -0.380. The maximum atomic E-state index is 5.34. The lowest BCUT2D eigenvalue weighted by molar-refractivity contribution is 0.141. The molecule has 0 bridgehead atoms. The van der Waals surface area contributed by atoms with E-state index in [0.717, 1.165) is 26.1 Å². The van der Waals surface area contributed by atoms with E-state index in [4.69, 9.17) is 4.74 Å². The zero-order chi connectivity index (χ0) is 11.1. The van der Waals surface area contributed by atoms with Gasteiger partial charge in [-0.25, -0.2) is 0 Å². The summed E-state index contributed by atoms with van der Waals surface area (Å²) in [5.74, 6) is 0. The molecule has 0 aliphatic heterocycles. The number of thiophene rings is 1. The Labute approximate surface area is 96.7 Å². The Morgan fingerprint density at radius 3 is 2.87 bits per heavy atom. The zero-order valence-electron chi connectivity index (χ0n) is 9.88. The molecule has 0 spiro atoms. The zero-order valence-corrected chi connectivity index (χ0v) is 10.7. The quantitative estimate of drug-likeness (QED) is 0.723. The molecule has 86 valence electrons. The molecular weight excluding hydrogens is 206 g/mol.